The van der Waals surface area contributed by atoms with E-state index in [0.717, 1.165) is 0 Å². The Balaban J connectivity index is -0.000000396. The van der Waals surface area contributed by atoms with Crippen molar-refractivity contribution < 1.29 is 54.8 Å². The van der Waals surface area contributed by atoms with E-state index in [4.69, 9.17) is 39.5 Å². The standard InChI is InChI=1S/C8H9ClN2O2.C6H10O3.C4H2Cl2N2.Na.H/c1-2-13-7(12)5-6-3-4-10-8(9)11-6;1-3-9-6(8)4-5(2)7;5-3-1-2-7-4(6)8-3;;/h3-4H,2,5H2,1H3;3-4H2,1-2H3;1-2H;;/q;;;+1;-1. The number of esters is 2. The van der Waals surface area contributed by atoms with Crippen LogP contribution in [0.15, 0.2) is 24.5 Å². The van der Waals surface area contributed by atoms with Crippen molar-refractivity contribution in [2.75, 3.05) is 13.2 Å². The summed E-state index contributed by atoms with van der Waals surface area (Å²) >= 11 is 16.3. The Hall–Kier alpha value is -1.36. The van der Waals surface area contributed by atoms with Crippen LogP contribution in [0.4, 0.5) is 0 Å². The molecule has 2 aromatic heterocycles. The van der Waals surface area contributed by atoms with E-state index in [0.29, 0.717) is 24.1 Å². The van der Waals surface area contributed by atoms with Gasteiger partial charge in [0.05, 0.1) is 25.3 Å². The first-order valence-electron chi connectivity index (χ1n) is 8.60. The SMILES string of the molecule is CCOC(=O)CC(C)=O.CCOC(=O)Cc1ccnc(Cl)n1.Clc1ccnc(Cl)n1.[H-].[Na+]. The Morgan fingerprint density at radius 2 is 1.42 bits per heavy atom. The third kappa shape index (κ3) is 19.1. The zero-order chi connectivity index (χ0) is 22.9. The molecular weight excluding hydrogens is 482 g/mol. The predicted molar refractivity (Wildman–Crippen MR) is 112 cm³/mol. The average Bonchev–Trinajstić information content (AvgIpc) is 2.62. The predicted octanol–water partition coefficient (Wildman–Crippen LogP) is 0.664. The summed E-state index contributed by atoms with van der Waals surface area (Å²) in [6.07, 6.45) is 3.03. The number of carbonyl (C=O) groups excluding carboxylic acids is 3. The van der Waals surface area contributed by atoms with Gasteiger partial charge in [-0.05, 0) is 56.1 Å². The molecule has 0 N–H and O–H groups in total. The molecule has 0 saturated carbocycles. The molecule has 0 aliphatic carbocycles. The molecule has 2 rings (SSSR count). The second kappa shape index (κ2) is 19.3. The summed E-state index contributed by atoms with van der Waals surface area (Å²) < 4.78 is 9.24. The minimum absolute atomic E-state index is 0. The molecule has 166 valence electrons. The van der Waals surface area contributed by atoms with E-state index in [1.807, 2.05) is 0 Å². The molecule has 0 aromatic carbocycles. The van der Waals surface area contributed by atoms with Crippen LogP contribution < -0.4 is 29.6 Å². The Morgan fingerprint density at radius 3 is 1.84 bits per heavy atom. The van der Waals surface area contributed by atoms with Gasteiger partial charge in [0.2, 0.25) is 10.6 Å². The maximum Gasteiger partial charge on any atom is 1.00 e. The second-order valence-electron chi connectivity index (χ2n) is 5.13. The molecule has 9 nitrogen and oxygen atoms in total. The molecule has 13 heteroatoms. The molecule has 0 amide bonds. The van der Waals surface area contributed by atoms with E-state index in [2.05, 4.69) is 24.7 Å². The third-order valence-electron chi connectivity index (χ3n) is 2.61. The normalized spacial score (nSPS) is 8.97. The van der Waals surface area contributed by atoms with E-state index in [1.165, 1.54) is 19.3 Å². The number of aromatic nitrogens is 4. The monoisotopic (exact) mass is 502 g/mol. The van der Waals surface area contributed by atoms with Gasteiger partial charge in [-0.3, -0.25) is 14.4 Å². The van der Waals surface area contributed by atoms with E-state index in [-0.39, 0.29) is 66.1 Å². The first kappa shape index (κ1) is 31.8. The molecule has 0 bridgehead atoms. The van der Waals surface area contributed by atoms with Crippen LogP contribution in [-0.4, -0.2) is 50.9 Å². The molecule has 2 heterocycles. The van der Waals surface area contributed by atoms with Crippen molar-refractivity contribution in [2.24, 2.45) is 0 Å². The first-order valence-corrected chi connectivity index (χ1v) is 9.73. The van der Waals surface area contributed by atoms with E-state index in [9.17, 15) is 14.4 Å². The van der Waals surface area contributed by atoms with Crippen LogP contribution in [0.3, 0.4) is 0 Å². The molecule has 0 aliphatic rings. The summed E-state index contributed by atoms with van der Waals surface area (Å²) in [6, 6.07) is 3.19. The maximum absolute atomic E-state index is 11.0. The third-order valence-corrected chi connectivity index (χ3v) is 3.18. The van der Waals surface area contributed by atoms with Crippen molar-refractivity contribution in [2.45, 2.75) is 33.6 Å². The van der Waals surface area contributed by atoms with Crippen LogP contribution in [0.1, 0.15) is 34.3 Å². The van der Waals surface area contributed by atoms with Crippen molar-refractivity contribution in [3.05, 3.63) is 45.9 Å². The van der Waals surface area contributed by atoms with Gasteiger partial charge in [0.15, 0.2) is 0 Å². The number of hydrogen-bond acceptors (Lipinski definition) is 9. The fraction of sp³-hybridized carbons (Fsp3) is 0.389. The fourth-order valence-corrected chi connectivity index (χ4v) is 2.05. The minimum Gasteiger partial charge on any atom is -1.00 e. The fourth-order valence-electron chi connectivity index (χ4n) is 1.56. The summed E-state index contributed by atoms with van der Waals surface area (Å²) in [4.78, 5) is 46.4. The average molecular weight is 504 g/mol. The summed E-state index contributed by atoms with van der Waals surface area (Å²) in [5.74, 6) is -0.907. The summed E-state index contributed by atoms with van der Waals surface area (Å²) in [5, 5.41) is 0.685. The van der Waals surface area contributed by atoms with Crippen LogP contribution in [0.5, 0.6) is 0 Å². The molecule has 0 atom stereocenters. The number of halogens is 3. The number of rotatable bonds is 6. The summed E-state index contributed by atoms with van der Waals surface area (Å²) in [5.41, 5.74) is 0.568. The molecule has 0 saturated heterocycles. The molecule has 0 fully saturated rings. The molecular formula is C18H22Cl3N4NaO5. The van der Waals surface area contributed by atoms with Crippen LogP contribution >= 0.6 is 34.8 Å². The number of hydrogen-bond donors (Lipinski definition) is 0. The van der Waals surface area contributed by atoms with Gasteiger partial charge in [0.25, 0.3) is 0 Å². The number of ether oxygens (including phenoxy) is 2. The topological polar surface area (TPSA) is 121 Å². The molecule has 2 aromatic rings. The van der Waals surface area contributed by atoms with Gasteiger partial charge < -0.3 is 10.9 Å². The zero-order valence-electron chi connectivity index (χ0n) is 18.6. The number of carbonyl (C=O) groups is 3. The minimum atomic E-state index is -0.440. The van der Waals surface area contributed by atoms with Gasteiger partial charge in [-0.1, -0.05) is 11.6 Å². The Kier molecular flexibility index (Phi) is 19.8. The summed E-state index contributed by atoms with van der Waals surface area (Å²) in [6.45, 7) is 5.53. The molecule has 0 aliphatic heterocycles. The number of nitrogens with zero attached hydrogens (tertiary/aromatic N) is 4. The summed E-state index contributed by atoms with van der Waals surface area (Å²) in [7, 11) is 0. The largest absolute Gasteiger partial charge is 1.00 e. The molecule has 31 heavy (non-hydrogen) atoms. The molecule has 0 spiro atoms. The van der Waals surface area contributed by atoms with Gasteiger partial charge >= 0.3 is 41.5 Å². The van der Waals surface area contributed by atoms with Crippen molar-refractivity contribution in [3.8, 4) is 0 Å². The quantitative estimate of drug-likeness (QED) is 0.184. The zero-order valence-corrected chi connectivity index (χ0v) is 21.9. The number of Topliss-reactive ketones (excluding diaryl/α,β-unsaturated/α-hetero) is 1. The van der Waals surface area contributed by atoms with Crippen LogP contribution in [0, 0.1) is 0 Å². The van der Waals surface area contributed by atoms with Gasteiger partial charge in [-0.15, -0.1) is 0 Å². The van der Waals surface area contributed by atoms with Crippen molar-refractivity contribution in [1.29, 1.82) is 0 Å². The van der Waals surface area contributed by atoms with E-state index >= 15 is 0 Å². The second-order valence-corrected chi connectivity index (χ2v) is 6.19. The van der Waals surface area contributed by atoms with Crippen LogP contribution in [-0.2, 0) is 30.3 Å². The van der Waals surface area contributed by atoms with E-state index in [1.54, 1.807) is 26.0 Å². The van der Waals surface area contributed by atoms with Gasteiger partial charge in [-0.25, -0.2) is 19.9 Å². The van der Waals surface area contributed by atoms with Crippen molar-refractivity contribution in [1.82, 2.24) is 19.9 Å². The van der Waals surface area contributed by atoms with Crippen LogP contribution in [0.25, 0.3) is 0 Å². The molecule has 0 unspecified atom stereocenters. The van der Waals surface area contributed by atoms with Crippen molar-refractivity contribution in [3.63, 3.8) is 0 Å². The van der Waals surface area contributed by atoms with Gasteiger partial charge in [0, 0.05) is 12.4 Å². The Labute approximate surface area is 219 Å². The number of ketones is 1. The van der Waals surface area contributed by atoms with Gasteiger partial charge in [-0.2, -0.15) is 0 Å². The van der Waals surface area contributed by atoms with Crippen molar-refractivity contribution >= 4 is 52.5 Å². The molecule has 0 radical (unpaired) electrons. The smallest absolute Gasteiger partial charge is 1.00 e. The Morgan fingerprint density at radius 1 is 0.903 bits per heavy atom. The van der Waals surface area contributed by atoms with Gasteiger partial charge in [0.1, 0.15) is 17.4 Å². The first-order chi connectivity index (χ1) is 14.2. The Bertz CT molecular complexity index is 819. The maximum atomic E-state index is 11.0. The van der Waals surface area contributed by atoms with Crippen LogP contribution in [0.2, 0.25) is 15.7 Å². The van der Waals surface area contributed by atoms with E-state index < -0.39 is 5.97 Å².